The van der Waals surface area contributed by atoms with E-state index >= 15 is 0 Å². The maximum atomic E-state index is 11.8. The Morgan fingerprint density at radius 3 is 2.87 bits per heavy atom. The quantitative estimate of drug-likeness (QED) is 0.719. The summed E-state index contributed by atoms with van der Waals surface area (Å²) in [6, 6.07) is 6.18. The van der Waals surface area contributed by atoms with Gasteiger partial charge >= 0.3 is 0 Å². The highest BCUT2D eigenvalue weighted by Gasteiger charge is 2.28. The number of nitrogens with zero attached hydrogens (tertiary/aromatic N) is 1. The van der Waals surface area contributed by atoms with Gasteiger partial charge in [0.25, 0.3) is 0 Å². The van der Waals surface area contributed by atoms with Crippen LogP contribution in [0.2, 0.25) is 0 Å². The summed E-state index contributed by atoms with van der Waals surface area (Å²) in [5.74, 6) is 0.680. The van der Waals surface area contributed by atoms with E-state index in [0.717, 1.165) is 19.7 Å². The standard InChI is InChI=1S/C15H18BrN3OS.2ClH/c16-10-3-4-13-12(7-10)19-15(21-13)6-5-14(20)18-8-11(17)9-1-2-9;;/h3-4,7,9,11H,1-2,5-6,8,17H2,(H,18,20);2*1H. The molecule has 1 heterocycles. The van der Waals surface area contributed by atoms with Crippen molar-refractivity contribution < 1.29 is 4.79 Å². The summed E-state index contributed by atoms with van der Waals surface area (Å²) in [6.07, 6.45) is 3.57. The number of nitrogens with one attached hydrogen (secondary N) is 1. The Hall–Kier alpha value is -0.400. The number of aryl methyl sites for hydroxylation is 1. The first-order valence-electron chi connectivity index (χ1n) is 7.19. The first kappa shape index (κ1) is 20.6. The average molecular weight is 441 g/mol. The van der Waals surface area contributed by atoms with E-state index in [1.54, 1.807) is 11.3 Å². The van der Waals surface area contributed by atoms with Gasteiger partial charge in [-0.15, -0.1) is 36.2 Å². The molecule has 8 heteroatoms. The van der Waals surface area contributed by atoms with Gasteiger partial charge in [-0.3, -0.25) is 4.79 Å². The summed E-state index contributed by atoms with van der Waals surface area (Å²) >= 11 is 5.09. The summed E-state index contributed by atoms with van der Waals surface area (Å²) in [5.41, 5.74) is 6.96. The van der Waals surface area contributed by atoms with Crippen molar-refractivity contribution in [2.45, 2.75) is 31.7 Å². The zero-order valence-electron chi connectivity index (χ0n) is 12.5. The Kier molecular flexibility index (Phi) is 8.24. The molecular formula is C15H20BrCl2N3OS. The molecule has 1 atom stereocenters. The van der Waals surface area contributed by atoms with Crippen molar-refractivity contribution in [3.63, 3.8) is 0 Å². The number of hydrogen-bond donors (Lipinski definition) is 2. The topological polar surface area (TPSA) is 68.0 Å². The molecule has 1 aromatic carbocycles. The van der Waals surface area contributed by atoms with Gasteiger partial charge in [-0.25, -0.2) is 4.98 Å². The molecule has 1 saturated carbocycles. The molecule has 3 rings (SSSR count). The van der Waals surface area contributed by atoms with Gasteiger partial charge < -0.3 is 11.1 Å². The number of thiazole rings is 1. The molecule has 1 unspecified atom stereocenters. The van der Waals surface area contributed by atoms with Gasteiger partial charge in [-0.05, 0) is 37.0 Å². The molecule has 1 aromatic heterocycles. The Morgan fingerprint density at radius 1 is 1.43 bits per heavy atom. The van der Waals surface area contributed by atoms with Crippen molar-refractivity contribution in [3.8, 4) is 0 Å². The lowest BCUT2D eigenvalue weighted by molar-refractivity contribution is -0.121. The van der Waals surface area contributed by atoms with E-state index in [2.05, 4.69) is 32.3 Å². The SMILES string of the molecule is Cl.Cl.NC(CNC(=O)CCc1nc2cc(Br)ccc2s1)C1CC1. The molecule has 4 nitrogen and oxygen atoms in total. The maximum absolute atomic E-state index is 11.8. The molecule has 1 amide bonds. The second-order valence-electron chi connectivity index (χ2n) is 5.53. The fourth-order valence-corrected chi connectivity index (χ4v) is 3.58. The van der Waals surface area contributed by atoms with Crippen LogP contribution in [-0.4, -0.2) is 23.5 Å². The third kappa shape index (κ3) is 5.87. The van der Waals surface area contributed by atoms with E-state index in [9.17, 15) is 4.79 Å². The van der Waals surface area contributed by atoms with Crippen LogP contribution in [0.15, 0.2) is 22.7 Å². The molecule has 3 N–H and O–H groups in total. The number of benzene rings is 1. The first-order valence-corrected chi connectivity index (χ1v) is 8.80. The molecule has 2 aromatic rings. The average Bonchev–Trinajstić information content (AvgIpc) is 3.23. The second kappa shape index (κ2) is 9.18. The highest BCUT2D eigenvalue weighted by molar-refractivity contribution is 9.10. The predicted octanol–water partition coefficient (Wildman–Crippen LogP) is 3.69. The minimum absolute atomic E-state index is 0. The van der Waals surface area contributed by atoms with Crippen LogP contribution in [0.5, 0.6) is 0 Å². The number of halogens is 3. The number of hydrogen-bond acceptors (Lipinski definition) is 4. The molecule has 23 heavy (non-hydrogen) atoms. The van der Waals surface area contributed by atoms with Gasteiger partial charge in [-0.2, -0.15) is 0 Å². The summed E-state index contributed by atoms with van der Waals surface area (Å²) < 4.78 is 2.18. The van der Waals surface area contributed by atoms with Crippen LogP contribution in [-0.2, 0) is 11.2 Å². The van der Waals surface area contributed by atoms with Crippen LogP contribution in [0.25, 0.3) is 10.2 Å². The minimum atomic E-state index is 0. The van der Waals surface area contributed by atoms with Crippen molar-refractivity contribution in [2.24, 2.45) is 11.7 Å². The summed E-state index contributed by atoms with van der Waals surface area (Å²) in [7, 11) is 0. The fraction of sp³-hybridized carbons (Fsp3) is 0.467. The second-order valence-corrected chi connectivity index (χ2v) is 7.56. The van der Waals surface area contributed by atoms with Gasteiger partial charge in [0.15, 0.2) is 0 Å². The highest BCUT2D eigenvalue weighted by Crippen LogP contribution is 2.31. The molecular weight excluding hydrogens is 421 g/mol. The Bertz CT molecular complexity index is 663. The Morgan fingerprint density at radius 2 is 2.17 bits per heavy atom. The van der Waals surface area contributed by atoms with E-state index in [1.165, 1.54) is 12.8 Å². The number of aromatic nitrogens is 1. The van der Waals surface area contributed by atoms with Crippen LogP contribution in [0.4, 0.5) is 0 Å². The Balaban J connectivity index is 0.00000132. The van der Waals surface area contributed by atoms with E-state index in [4.69, 9.17) is 5.73 Å². The van der Waals surface area contributed by atoms with Gasteiger partial charge in [0.2, 0.25) is 5.91 Å². The summed E-state index contributed by atoms with van der Waals surface area (Å²) in [5, 5.41) is 3.93. The third-order valence-electron chi connectivity index (χ3n) is 3.72. The largest absolute Gasteiger partial charge is 0.355 e. The van der Waals surface area contributed by atoms with Gasteiger partial charge in [-0.1, -0.05) is 15.9 Å². The van der Waals surface area contributed by atoms with Crippen LogP contribution < -0.4 is 11.1 Å². The van der Waals surface area contributed by atoms with E-state index in [1.807, 2.05) is 12.1 Å². The number of carbonyl (C=O) groups is 1. The first-order chi connectivity index (χ1) is 10.1. The highest BCUT2D eigenvalue weighted by atomic mass is 79.9. The molecule has 128 valence electrons. The van der Waals surface area contributed by atoms with Crippen molar-refractivity contribution in [1.29, 1.82) is 0 Å². The van der Waals surface area contributed by atoms with Gasteiger partial charge in [0.1, 0.15) is 0 Å². The van der Waals surface area contributed by atoms with E-state index in [-0.39, 0.29) is 36.8 Å². The molecule has 1 aliphatic carbocycles. The van der Waals surface area contributed by atoms with Crippen LogP contribution in [0, 0.1) is 5.92 Å². The lowest BCUT2D eigenvalue weighted by Gasteiger charge is -2.11. The lowest BCUT2D eigenvalue weighted by atomic mass is 10.2. The summed E-state index contributed by atoms with van der Waals surface area (Å²) in [4.78, 5) is 16.4. The molecule has 1 fully saturated rings. The fourth-order valence-electron chi connectivity index (χ4n) is 2.29. The van der Waals surface area contributed by atoms with Crippen molar-refractivity contribution in [1.82, 2.24) is 10.3 Å². The zero-order chi connectivity index (χ0) is 14.8. The molecule has 1 aliphatic rings. The van der Waals surface area contributed by atoms with Crippen molar-refractivity contribution in [3.05, 3.63) is 27.7 Å². The smallest absolute Gasteiger partial charge is 0.220 e. The van der Waals surface area contributed by atoms with Crippen molar-refractivity contribution >= 4 is 68.2 Å². The van der Waals surface area contributed by atoms with Gasteiger partial charge in [0, 0.05) is 29.9 Å². The van der Waals surface area contributed by atoms with Crippen LogP contribution >= 0.6 is 52.1 Å². The van der Waals surface area contributed by atoms with E-state index < -0.39 is 0 Å². The van der Waals surface area contributed by atoms with E-state index in [0.29, 0.717) is 25.3 Å². The predicted molar refractivity (Wildman–Crippen MR) is 104 cm³/mol. The lowest BCUT2D eigenvalue weighted by Crippen LogP contribution is -2.38. The Labute approximate surface area is 160 Å². The normalized spacial score (nSPS) is 14.7. The number of amides is 1. The maximum Gasteiger partial charge on any atom is 0.220 e. The number of nitrogens with two attached hydrogens (primary N) is 1. The molecule has 0 radical (unpaired) electrons. The summed E-state index contributed by atoms with van der Waals surface area (Å²) in [6.45, 7) is 0.594. The number of carbonyl (C=O) groups excluding carboxylic acids is 1. The monoisotopic (exact) mass is 439 g/mol. The van der Waals surface area contributed by atoms with Crippen molar-refractivity contribution in [2.75, 3.05) is 6.54 Å². The number of fused-ring (bicyclic) bond motifs is 1. The zero-order valence-corrected chi connectivity index (χ0v) is 16.5. The third-order valence-corrected chi connectivity index (χ3v) is 5.31. The van der Waals surface area contributed by atoms with Crippen LogP contribution in [0.3, 0.4) is 0 Å². The molecule has 0 bridgehead atoms. The molecule has 0 aliphatic heterocycles. The van der Waals surface area contributed by atoms with Gasteiger partial charge in [0.05, 0.1) is 15.2 Å². The molecule has 0 saturated heterocycles. The minimum Gasteiger partial charge on any atom is -0.355 e. The molecule has 0 spiro atoms. The van der Waals surface area contributed by atoms with Crippen LogP contribution in [0.1, 0.15) is 24.3 Å². The number of rotatable bonds is 6.